The van der Waals surface area contributed by atoms with Gasteiger partial charge in [-0.3, -0.25) is 4.79 Å². The average molecular weight is 195 g/mol. The van der Waals surface area contributed by atoms with Crippen LogP contribution < -0.4 is 5.32 Å². The van der Waals surface area contributed by atoms with Gasteiger partial charge in [-0.1, -0.05) is 6.92 Å². The van der Waals surface area contributed by atoms with Gasteiger partial charge in [-0.2, -0.15) is 0 Å². The number of aryl methyl sites for hydroxylation is 2. The largest absolute Gasteiger partial charge is 0.480 e. The molecule has 0 aliphatic carbocycles. The van der Waals surface area contributed by atoms with Crippen LogP contribution in [0.15, 0.2) is 6.07 Å². The number of aliphatic carboxylic acids is 1. The van der Waals surface area contributed by atoms with Gasteiger partial charge in [0, 0.05) is 11.8 Å². The van der Waals surface area contributed by atoms with Crippen LogP contribution in [0.1, 0.15) is 18.4 Å². The third-order valence-corrected chi connectivity index (χ3v) is 1.67. The summed E-state index contributed by atoms with van der Waals surface area (Å²) in [6.07, 6.45) is 0.811. The van der Waals surface area contributed by atoms with Crippen molar-refractivity contribution in [1.82, 2.24) is 9.97 Å². The van der Waals surface area contributed by atoms with Crippen molar-refractivity contribution in [2.75, 3.05) is 11.9 Å². The molecule has 14 heavy (non-hydrogen) atoms. The van der Waals surface area contributed by atoms with Gasteiger partial charge in [0.15, 0.2) is 0 Å². The molecular weight excluding hydrogens is 182 g/mol. The van der Waals surface area contributed by atoms with Gasteiger partial charge in [0.1, 0.15) is 18.2 Å². The van der Waals surface area contributed by atoms with E-state index in [4.69, 9.17) is 5.11 Å². The Morgan fingerprint density at radius 2 is 2.29 bits per heavy atom. The Labute approximate surface area is 82.2 Å². The van der Waals surface area contributed by atoms with Gasteiger partial charge in [-0.25, -0.2) is 9.97 Å². The van der Waals surface area contributed by atoms with Crippen LogP contribution in [0.3, 0.4) is 0 Å². The maximum atomic E-state index is 10.3. The lowest BCUT2D eigenvalue weighted by Crippen LogP contribution is -2.14. The number of nitrogens with zero attached hydrogens (tertiary/aromatic N) is 2. The molecule has 1 rings (SSSR count). The minimum absolute atomic E-state index is 0.125. The number of aromatic nitrogens is 2. The summed E-state index contributed by atoms with van der Waals surface area (Å²) in [5.74, 6) is 0.313. The molecule has 0 aromatic carbocycles. The van der Waals surface area contributed by atoms with Crippen LogP contribution in [0.4, 0.5) is 5.82 Å². The Hall–Kier alpha value is -1.65. The number of carbonyl (C=O) groups is 1. The van der Waals surface area contributed by atoms with E-state index in [1.54, 1.807) is 13.0 Å². The first-order chi connectivity index (χ1) is 6.61. The molecule has 76 valence electrons. The molecular formula is C9H13N3O2. The van der Waals surface area contributed by atoms with Gasteiger partial charge >= 0.3 is 5.97 Å². The van der Waals surface area contributed by atoms with E-state index in [0.29, 0.717) is 11.6 Å². The zero-order chi connectivity index (χ0) is 10.6. The first kappa shape index (κ1) is 10.4. The topological polar surface area (TPSA) is 75.1 Å². The Balaban J connectivity index is 2.76. The van der Waals surface area contributed by atoms with E-state index in [9.17, 15) is 4.79 Å². The van der Waals surface area contributed by atoms with Crippen LogP contribution in [-0.4, -0.2) is 27.6 Å². The molecule has 5 nitrogen and oxygen atoms in total. The summed E-state index contributed by atoms with van der Waals surface area (Å²) in [4.78, 5) is 18.6. The Morgan fingerprint density at radius 3 is 2.86 bits per heavy atom. The normalized spacial score (nSPS) is 9.86. The average Bonchev–Trinajstić information content (AvgIpc) is 2.14. The third-order valence-electron chi connectivity index (χ3n) is 1.67. The highest BCUT2D eigenvalue weighted by molar-refractivity contribution is 5.72. The van der Waals surface area contributed by atoms with Crippen LogP contribution in [0.5, 0.6) is 0 Å². The number of carboxylic acid groups (broad SMARTS) is 1. The summed E-state index contributed by atoms with van der Waals surface area (Å²) in [6, 6.07) is 1.76. The predicted octanol–water partition coefficient (Wildman–Crippen LogP) is 0.844. The quantitative estimate of drug-likeness (QED) is 0.744. The molecule has 1 heterocycles. The number of nitrogens with one attached hydrogen (secondary N) is 1. The highest BCUT2D eigenvalue weighted by Crippen LogP contribution is 2.06. The second-order valence-corrected chi connectivity index (χ2v) is 2.89. The fourth-order valence-corrected chi connectivity index (χ4v) is 1.07. The Morgan fingerprint density at radius 1 is 1.57 bits per heavy atom. The maximum absolute atomic E-state index is 10.3. The molecule has 0 spiro atoms. The molecule has 2 N–H and O–H groups in total. The molecule has 0 amide bonds. The smallest absolute Gasteiger partial charge is 0.322 e. The fourth-order valence-electron chi connectivity index (χ4n) is 1.07. The molecule has 0 aliphatic heterocycles. The van der Waals surface area contributed by atoms with Crippen molar-refractivity contribution in [2.45, 2.75) is 20.3 Å². The molecule has 1 aromatic heterocycles. The summed E-state index contributed by atoms with van der Waals surface area (Å²) in [7, 11) is 0. The minimum Gasteiger partial charge on any atom is -0.480 e. The van der Waals surface area contributed by atoms with Crippen molar-refractivity contribution in [1.29, 1.82) is 0 Å². The van der Waals surface area contributed by atoms with E-state index in [2.05, 4.69) is 15.3 Å². The van der Waals surface area contributed by atoms with Crippen molar-refractivity contribution < 1.29 is 9.90 Å². The Bertz CT molecular complexity index is 339. The van der Waals surface area contributed by atoms with Gasteiger partial charge in [0.05, 0.1) is 0 Å². The van der Waals surface area contributed by atoms with Gasteiger partial charge in [-0.05, 0) is 13.3 Å². The Kier molecular flexibility index (Phi) is 3.39. The molecule has 0 aliphatic rings. The lowest BCUT2D eigenvalue weighted by atomic mass is 10.3. The SMILES string of the molecule is CCc1cc(NCC(=O)O)nc(C)n1. The number of carboxylic acids is 1. The molecule has 0 saturated carbocycles. The molecule has 0 bridgehead atoms. The molecule has 0 saturated heterocycles. The number of hydrogen-bond acceptors (Lipinski definition) is 4. The second kappa shape index (κ2) is 4.55. The van der Waals surface area contributed by atoms with E-state index in [1.807, 2.05) is 6.92 Å². The summed E-state index contributed by atoms with van der Waals surface area (Å²) in [5.41, 5.74) is 0.908. The van der Waals surface area contributed by atoms with Crippen molar-refractivity contribution >= 4 is 11.8 Å². The number of rotatable bonds is 4. The first-order valence-corrected chi connectivity index (χ1v) is 4.42. The highest BCUT2D eigenvalue weighted by Gasteiger charge is 2.01. The first-order valence-electron chi connectivity index (χ1n) is 4.42. The molecule has 5 heteroatoms. The summed E-state index contributed by atoms with van der Waals surface area (Å²) < 4.78 is 0. The second-order valence-electron chi connectivity index (χ2n) is 2.89. The number of anilines is 1. The van der Waals surface area contributed by atoms with Crippen LogP contribution in [-0.2, 0) is 11.2 Å². The van der Waals surface area contributed by atoms with Crippen molar-refractivity contribution in [2.24, 2.45) is 0 Å². The van der Waals surface area contributed by atoms with E-state index < -0.39 is 5.97 Å². The van der Waals surface area contributed by atoms with E-state index >= 15 is 0 Å². The summed E-state index contributed by atoms with van der Waals surface area (Å²) in [6.45, 7) is 3.65. The van der Waals surface area contributed by atoms with E-state index in [0.717, 1.165) is 12.1 Å². The fraction of sp³-hybridized carbons (Fsp3) is 0.444. The predicted molar refractivity (Wildman–Crippen MR) is 52.3 cm³/mol. The number of hydrogen-bond donors (Lipinski definition) is 2. The van der Waals surface area contributed by atoms with Crippen molar-refractivity contribution in [3.8, 4) is 0 Å². The standard InChI is InChI=1S/C9H13N3O2/c1-3-7-4-8(10-5-9(13)14)12-6(2)11-7/h4H,3,5H2,1-2H3,(H,13,14)(H,10,11,12). The maximum Gasteiger partial charge on any atom is 0.322 e. The zero-order valence-corrected chi connectivity index (χ0v) is 8.24. The van der Waals surface area contributed by atoms with Crippen molar-refractivity contribution in [3.63, 3.8) is 0 Å². The molecule has 0 radical (unpaired) electrons. The van der Waals surface area contributed by atoms with Gasteiger partial charge in [0.2, 0.25) is 0 Å². The minimum atomic E-state index is -0.903. The molecule has 0 fully saturated rings. The monoisotopic (exact) mass is 195 g/mol. The zero-order valence-electron chi connectivity index (χ0n) is 8.24. The lowest BCUT2D eigenvalue weighted by molar-refractivity contribution is -0.134. The van der Waals surface area contributed by atoms with Gasteiger partial charge < -0.3 is 10.4 Å². The van der Waals surface area contributed by atoms with Gasteiger partial charge in [0.25, 0.3) is 0 Å². The van der Waals surface area contributed by atoms with E-state index in [1.165, 1.54) is 0 Å². The van der Waals surface area contributed by atoms with Gasteiger partial charge in [-0.15, -0.1) is 0 Å². The van der Waals surface area contributed by atoms with E-state index in [-0.39, 0.29) is 6.54 Å². The van der Waals surface area contributed by atoms with Crippen LogP contribution >= 0.6 is 0 Å². The highest BCUT2D eigenvalue weighted by atomic mass is 16.4. The van der Waals surface area contributed by atoms with Crippen LogP contribution in [0, 0.1) is 6.92 Å². The third kappa shape index (κ3) is 3.01. The van der Waals surface area contributed by atoms with Crippen LogP contribution in [0.2, 0.25) is 0 Å². The molecule has 1 aromatic rings. The lowest BCUT2D eigenvalue weighted by Gasteiger charge is -2.05. The molecule has 0 atom stereocenters. The summed E-state index contributed by atoms with van der Waals surface area (Å²) in [5, 5.41) is 11.2. The van der Waals surface area contributed by atoms with Crippen molar-refractivity contribution in [3.05, 3.63) is 17.6 Å². The van der Waals surface area contributed by atoms with Crippen LogP contribution in [0.25, 0.3) is 0 Å². The summed E-state index contributed by atoms with van der Waals surface area (Å²) >= 11 is 0. The molecule has 0 unspecified atom stereocenters.